The zero-order valence-corrected chi connectivity index (χ0v) is 8.00. The van der Waals surface area contributed by atoms with Crippen molar-refractivity contribution in [3.8, 4) is 0 Å². The Bertz CT molecular complexity index is 326. The maximum absolute atomic E-state index is 13.4. The van der Waals surface area contributed by atoms with Crippen LogP contribution in [0.15, 0.2) is 18.2 Å². The van der Waals surface area contributed by atoms with Crippen LogP contribution in [0.25, 0.3) is 0 Å². The molecule has 1 aromatic carbocycles. The Morgan fingerprint density at radius 2 is 2.07 bits per heavy atom. The van der Waals surface area contributed by atoms with Gasteiger partial charge < -0.3 is 15.9 Å². The first-order chi connectivity index (χ1) is 6.51. The first-order valence-electron chi connectivity index (χ1n) is 4.31. The minimum Gasteiger partial charge on any atom is -0.394 e. The van der Waals surface area contributed by atoms with Crippen molar-refractivity contribution in [2.45, 2.75) is 19.1 Å². The summed E-state index contributed by atoms with van der Waals surface area (Å²) in [6.07, 6.45) is 0. The Balaban J connectivity index is 3.12. The Hall–Kier alpha value is -0.970. The molecule has 4 heteroatoms. The molecule has 0 saturated heterocycles. The smallest absolute Gasteiger partial charge is 0.128 e. The molecule has 0 heterocycles. The third-order valence-corrected chi connectivity index (χ3v) is 2.16. The average Bonchev–Trinajstić information content (AvgIpc) is 2.17. The molecule has 0 spiro atoms. The monoisotopic (exact) mass is 199 g/mol. The largest absolute Gasteiger partial charge is 0.394 e. The topological polar surface area (TPSA) is 66.5 Å². The first kappa shape index (κ1) is 11.1. The zero-order valence-electron chi connectivity index (χ0n) is 8.00. The van der Waals surface area contributed by atoms with E-state index in [-0.39, 0.29) is 18.8 Å². The second-order valence-corrected chi connectivity index (χ2v) is 3.55. The van der Waals surface area contributed by atoms with Gasteiger partial charge in [-0.05, 0) is 18.6 Å². The fraction of sp³-hybridized carbons (Fsp3) is 0.400. The van der Waals surface area contributed by atoms with Crippen molar-refractivity contribution in [3.05, 3.63) is 35.1 Å². The number of benzene rings is 1. The minimum absolute atomic E-state index is 0.211. The van der Waals surface area contributed by atoms with E-state index < -0.39 is 11.4 Å². The van der Waals surface area contributed by atoms with Crippen molar-refractivity contribution in [3.63, 3.8) is 0 Å². The third-order valence-electron chi connectivity index (χ3n) is 2.16. The van der Waals surface area contributed by atoms with Gasteiger partial charge in [0.05, 0.1) is 18.8 Å². The van der Waals surface area contributed by atoms with Gasteiger partial charge in [-0.2, -0.15) is 0 Å². The molecule has 14 heavy (non-hydrogen) atoms. The van der Waals surface area contributed by atoms with Crippen molar-refractivity contribution < 1.29 is 14.6 Å². The van der Waals surface area contributed by atoms with Crippen LogP contribution >= 0.6 is 0 Å². The lowest BCUT2D eigenvalue weighted by Gasteiger charge is -2.23. The van der Waals surface area contributed by atoms with Gasteiger partial charge in [0.25, 0.3) is 0 Å². The van der Waals surface area contributed by atoms with Gasteiger partial charge >= 0.3 is 0 Å². The standard InChI is InChI=1S/C10H14FNO2/c1-10(12,6-14)8-3-2-7(5-13)4-9(8)11/h2-4,13-14H,5-6,12H2,1H3/t10-/m0/s1. The van der Waals surface area contributed by atoms with Crippen molar-refractivity contribution in [2.24, 2.45) is 5.73 Å². The molecule has 1 rings (SSSR count). The molecular weight excluding hydrogens is 185 g/mol. The van der Waals surface area contributed by atoms with Gasteiger partial charge in [-0.25, -0.2) is 4.39 Å². The van der Waals surface area contributed by atoms with E-state index in [1.807, 2.05) is 0 Å². The van der Waals surface area contributed by atoms with Gasteiger partial charge in [0.2, 0.25) is 0 Å². The van der Waals surface area contributed by atoms with Crippen molar-refractivity contribution in [2.75, 3.05) is 6.61 Å². The molecule has 0 amide bonds. The number of rotatable bonds is 3. The number of aliphatic hydroxyl groups excluding tert-OH is 2. The highest BCUT2D eigenvalue weighted by Gasteiger charge is 2.23. The maximum atomic E-state index is 13.4. The lowest BCUT2D eigenvalue weighted by Crippen LogP contribution is -2.37. The Labute approximate surface area is 82.0 Å². The molecular formula is C10H14FNO2. The van der Waals surface area contributed by atoms with Crippen LogP contribution in [0.1, 0.15) is 18.1 Å². The molecule has 4 N–H and O–H groups in total. The normalized spacial score (nSPS) is 15.2. The number of aliphatic hydroxyl groups is 2. The summed E-state index contributed by atoms with van der Waals surface area (Å²) in [7, 11) is 0. The quantitative estimate of drug-likeness (QED) is 0.663. The first-order valence-corrected chi connectivity index (χ1v) is 4.31. The van der Waals surface area contributed by atoms with Crippen molar-refractivity contribution >= 4 is 0 Å². The minimum atomic E-state index is -1.09. The molecule has 1 atom stereocenters. The maximum Gasteiger partial charge on any atom is 0.128 e. The second kappa shape index (κ2) is 4.04. The van der Waals surface area contributed by atoms with Crippen LogP contribution in [0.5, 0.6) is 0 Å². The summed E-state index contributed by atoms with van der Waals surface area (Å²) in [4.78, 5) is 0. The van der Waals surface area contributed by atoms with E-state index >= 15 is 0 Å². The highest BCUT2D eigenvalue weighted by atomic mass is 19.1. The number of halogens is 1. The van der Waals surface area contributed by atoms with E-state index in [9.17, 15) is 4.39 Å². The Kier molecular flexibility index (Phi) is 3.21. The van der Waals surface area contributed by atoms with Gasteiger partial charge in [-0.1, -0.05) is 12.1 Å². The van der Waals surface area contributed by atoms with Crippen LogP contribution in [0.3, 0.4) is 0 Å². The van der Waals surface area contributed by atoms with E-state index in [1.165, 1.54) is 12.1 Å². The molecule has 0 aliphatic heterocycles. The molecule has 1 aromatic rings. The van der Waals surface area contributed by atoms with E-state index in [0.717, 1.165) is 0 Å². The van der Waals surface area contributed by atoms with Crippen LogP contribution in [0.2, 0.25) is 0 Å². The molecule has 0 radical (unpaired) electrons. The van der Waals surface area contributed by atoms with Gasteiger partial charge in [-0.3, -0.25) is 0 Å². The van der Waals surface area contributed by atoms with Gasteiger partial charge in [0.1, 0.15) is 5.82 Å². The summed E-state index contributed by atoms with van der Waals surface area (Å²) in [5.41, 5.74) is 5.33. The Morgan fingerprint density at radius 1 is 1.43 bits per heavy atom. The zero-order chi connectivity index (χ0) is 10.8. The van der Waals surface area contributed by atoms with Gasteiger partial charge in [-0.15, -0.1) is 0 Å². The van der Waals surface area contributed by atoms with Gasteiger partial charge in [0, 0.05) is 5.56 Å². The summed E-state index contributed by atoms with van der Waals surface area (Å²) in [6.45, 7) is 1.00. The van der Waals surface area contributed by atoms with Crippen molar-refractivity contribution in [1.82, 2.24) is 0 Å². The number of hydrogen-bond acceptors (Lipinski definition) is 3. The highest BCUT2D eigenvalue weighted by molar-refractivity contribution is 5.29. The predicted octanol–water partition coefficient (Wildman–Crippen LogP) is 0.484. The fourth-order valence-corrected chi connectivity index (χ4v) is 1.21. The summed E-state index contributed by atoms with van der Waals surface area (Å²) in [5, 5.41) is 17.7. The van der Waals surface area contributed by atoms with Crippen LogP contribution in [-0.2, 0) is 12.1 Å². The molecule has 0 aromatic heterocycles. The SMILES string of the molecule is C[C@](N)(CO)c1ccc(CO)cc1F. The van der Waals surface area contributed by atoms with E-state index in [0.29, 0.717) is 5.56 Å². The second-order valence-electron chi connectivity index (χ2n) is 3.55. The van der Waals surface area contributed by atoms with E-state index in [1.54, 1.807) is 13.0 Å². The number of hydrogen-bond donors (Lipinski definition) is 3. The van der Waals surface area contributed by atoms with Crippen LogP contribution in [0.4, 0.5) is 4.39 Å². The molecule has 0 bridgehead atoms. The fourth-order valence-electron chi connectivity index (χ4n) is 1.21. The van der Waals surface area contributed by atoms with Crippen LogP contribution in [0, 0.1) is 5.82 Å². The summed E-state index contributed by atoms with van der Waals surface area (Å²) >= 11 is 0. The lowest BCUT2D eigenvalue weighted by atomic mass is 9.93. The van der Waals surface area contributed by atoms with E-state index in [4.69, 9.17) is 15.9 Å². The van der Waals surface area contributed by atoms with Gasteiger partial charge in [0.15, 0.2) is 0 Å². The van der Waals surface area contributed by atoms with E-state index in [2.05, 4.69) is 0 Å². The molecule has 0 aliphatic carbocycles. The summed E-state index contributed by atoms with van der Waals surface area (Å²) in [5.74, 6) is -0.504. The predicted molar refractivity (Wildman–Crippen MR) is 50.9 cm³/mol. The molecule has 78 valence electrons. The highest BCUT2D eigenvalue weighted by Crippen LogP contribution is 2.21. The lowest BCUT2D eigenvalue weighted by molar-refractivity contribution is 0.206. The number of nitrogens with two attached hydrogens (primary N) is 1. The molecule has 3 nitrogen and oxygen atoms in total. The van der Waals surface area contributed by atoms with Crippen molar-refractivity contribution in [1.29, 1.82) is 0 Å². The molecule has 0 aliphatic rings. The Morgan fingerprint density at radius 3 is 2.50 bits per heavy atom. The molecule has 0 unspecified atom stereocenters. The van der Waals surface area contributed by atoms with Crippen LogP contribution < -0.4 is 5.73 Å². The molecule has 0 fully saturated rings. The average molecular weight is 199 g/mol. The molecule has 0 saturated carbocycles. The third kappa shape index (κ3) is 2.09. The van der Waals surface area contributed by atoms with Crippen LogP contribution in [-0.4, -0.2) is 16.8 Å². The summed E-state index contributed by atoms with van der Waals surface area (Å²) < 4.78 is 13.4. The summed E-state index contributed by atoms with van der Waals surface area (Å²) in [6, 6.07) is 4.28.